The first-order valence-electron chi connectivity index (χ1n) is 4.25. The lowest BCUT2D eigenvalue weighted by atomic mass is 10.2. The number of carboxylic acids is 2. The summed E-state index contributed by atoms with van der Waals surface area (Å²) < 4.78 is 0. The highest BCUT2D eigenvalue weighted by atomic mass is 16.4. The highest BCUT2D eigenvalue weighted by molar-refractivity contribution is 5.83. The lowest BCUT2D eigenvalue weighted by Crippen LogP contribution is -2.39. The third-order valence-corrected chi connectivity index (χ3v) is 1.28. The Morgan fingerprint density at radius 1 is 1.07 bits per heavy atom. The van der Waals surface area contributed by atoms with Crippen LogP contribution in [0, 0.1) is 5.92 Å². The van der Waals surface area contributed by atoms with Gasteiger partial charge in [-0.25, -0.2) is 9.59 Å². The second-order valence-corrected chi connectivity index (χ2v) is 3.20. The van der Waals surface area contributed by atoms with Crippen LogP contribution in [0.4, 0.5) is 0 Å². The number of aliphatic carboxylic acids is 2. The van der Waals surface area contributed by atoms with Gasteiger partial charge in [-0.2, -0.15) is 0 Å². The molecule has 0 aliphatic heterocycles. The van der Waals surface area contributed by atoms with Gasteiger partial charge in [-0.3, -0.25) is 0 Å². The molecule has 0 aliphatic rings. The van der Waals surface area contributed by atoms with Crippen LogP contribution in [0.15, 0.2) is 0 Å². The van der Waals surface area contributed by atoms with Crippen LogP contribution in [0.1, 0.15) is 13.8 Å². The number of rotatable bonds is 4. The van der Waals surface area contributed by atoms with Crippen molar-refractivity contribution in [1.82, 2.24) is 0 Å². The maximum absolute atomic E-state index is 9.77. The van der Waals surface area contributed by atoms with E-state index in [9.17, 15) is 9.59 Å². The van der Waals surface area contributed by atoms with Crippen molar-refractivity contribution in [3.05, 3.63) is 0 Å². The molecule has 7 nitrogen and oxygen atoms in total. The summed E-state index contributed by atoms with van der Waals surface area (Å²) >= 11 is 0. The Morgan fingerprint density at radius 3 is 1.33 bits per heavy atom. The zero-order valence-electron chi connectivity index (χ0n) is 8.62. The largest absolute Gasteiger partial charge is 0.479 e. The van der Waals surface area contributed by atoms with E-state index in [1.54, 1.807) is 0 Å². The van der Waals surface area contributed by atoms with Crippen LogP contribution in [0.25, 0.3) is 0 Å². The molecule has 15 heavy (non-hydrogen) atoms. The van der Waals surface area contributed by atoms with E-state index in [0.29, 0.717) is 5.92 Å². The smallest absolute Gasteiger partial charge is 0.335 e. The molecule has 0 saturated heterocycles. The molecule has 0 aliphatic carbocycles. The summed E-state index contributed by atoms with van der Waals surface area (Å²) in [5, 5.41) is 32.5. The van der Waals surface area contributed by atoms with Crippen molar-refractivity contribution in [3.63, 3.8) is 0 Å². The minimum Gasteiger partial charge on any atom is -0.479 e. The van der Waals surface area contributed by atoms with Gasteiger partial charge in [-0.05, 0) is 12.5 Å². The summed E-state index contributed by atoms with van der Waals surface area (Å²) in [6, 6.07) is 0. The van der Waals surface area contributed by atoms with Crippen molar-refractivity contribution in [2.24, 2.45) is 11.7 Å². The van der Waals surface area contributed by atoms with Crippen LogP contribution in [-0.4, -0.2) is 51.1 Å². The number of carbonyl (C=O) groups is 2. The normalized spacial score (nSPS) is 13.7. The molecule has 0 aromatic heterocycles. The van der Waals surface area contributed by atoms with Crippen molar-refractivity contribution in [1.29, 1.82) is 0 Å². The van der Waals surface area contributed by atoms with Crippen molar-refractivity contribution in [3.8, 4) is 0 Å². The third kappa shape index (κ3) is 9.13. The number of carboxylic acid groups (broad SMARTS) is 2. The number of aliphatic hydroxyl groups is 2. The molecule has 0 bridgehead atoms. The fourth-order valence-electron chi connectivity index (χ4n) is 0.270. The molecule has 7 heteroatoms. The summed E-state index contributed by atoms with van der Waals surface area (Å²) in [6.07, 6.45) is -4.53. The van der Waals surface area contributed by atoms with E-state index in [1.807, 2.05) is 0 Å². The fourth-order valence-corrected chi connectivity index (χ4v) is 0.270. The second kappa shape index (κ2) is 8.16. The van der Waals surface area contributed by atoms with Crippen molar-refractivity contribution in [2.45, 2.75) is 26.1 Å². The predicted octanol–water partition coefficient (Wildman–Crippen LogP) is -1.52. The van der Waals surface area contributed by atoms with Crippen molar-refractivity contribution >= 4 is 11.9 Å². The first-order chi connectivity index (χ1) is 6.73. The summed E-state index contributed by atoms with van der Waals surface area (Å²) in [5.74, 6) is -2.88. The first-order valence-corrected chi connectivity index (χ1v) is 4.25. The van der Waals surface area contributed by atoms with Gasteiger partial charge in [0.25, 0.3) is 0 Å². The second-order valence-electron chi connectivity index (χ2n) is 3.20. The maximum atomic E-state index is 9.77. The molecule has 0 amide bonds. The third-order valence-electron chi connectivity index (χ3n) is 1.28. The van der Waals surface area contributed by atoms with Crippen LogP contribution in [0.2, 0.25) is 0 Å². The lowest BCUT2D eigenvalue weighted by Gasteiger charge is -2.07. The molecule has 0 spiro atoms. The molecule has 2 atom stereocenters. The average molecular weight is 223 g/mol. The van der Waals surface area contributed by atoms with E-state index >= 15 is 0 Å². The molecule has 0 aromatic rings. The summed E-state index contributed by atoms with van der Waals surface area (Å²) in [6.45, 7) is 5.00. The van der Waals surface area contributed by atoms with Crippen LogP contribution >= 0.6 is 0 Å². The average Bonchev–Trinajstić information content (AvgIpc) is 2.16. The van der Waals surface area contributed by atoms with Crippen LogP contribution in [0.3, 0.4) is 0 Å². The Labute approximate surface area is 87.1 Å². The quantitative estimate of drug-likeness (QED) is 0.389. The van der Waals surface area contributed by atoms with Gasteiger partial charge in [0, 0.05) is 0 Å². The van der Waals surface area contributed by atoms with Gasteiger partial charge in [-0.1, -0.05) is 13.8 Å². The van der Waals surface area contributed by atoms with Crippen molar-refractivity contribution in [2.75, 3.05) is 6.54 Å². The summed E-state index contributed by atoms with van der Waals surface area (Å²) in [4.78, 5) is 19.5. The van der Waals surface area contributed by atoms with Crippen LogP contribution < -0.4 is 5.73 Å². The lowest BCUT2D eigenvalue weighted by molar-refractivity contribution is -0.165. The number of hydrogen-bond acceptors (Lipinski definition) is 5. The molecular formula is C8H17NO6. The highest BCUT2D eigenvalue weighted by Crippen LogP contribution is 1.92. The van der Waals surface area contributed by atoms with E-state index in [0.717, 1.165) is 6.54 Å². The highest BCUT2D eigenvalue weighted by Gasteiger charge is 2.29. The maximum Gasteiger partial charge on any atom is 0.335 e. The topological polar surface area (TPSA) is 141 Å². The van der Waals surface area contributed by atoms with Gasteiger partial charge in [0.05, 0.1) is 0 Å². The van der Waals surface area contributed by atoms with Gasteiger partial charge < -0.3 is 26.2 Å². The summed E-state index contributed by atoms with van der Waals surface area (Å²) in [7, 11) is 0. The molecule has 2 unspecified atom stereocenters. The molecule has 0 rings (SSSR count). The Balaban J connectivity index is 0. The van der Waals surface area contributed by atoms with Gasteiger partial charge in [-0.15, -0.1) is 0 Å². The van der Waals surface area contributed by atoms with E-state index in [4.69, 9.17) is 26.2 Å². The van der Waals surface area contributed by atoms with E-state index < -0.39 is 24.1 Å². The van der Waals surface area contributed by atoms with Gasteiger partial charge in [0.2, 0.25) is 0 Å². The van der Waals surface area contributed by atoms with Gasteiger partial charge >= 0.3 is 11.9 Å². The van der Waals surface area contributed by atoms with Crippen molar-refractivity contribution < 1.29 is 30.0 Å². The molecule has 0 heterocycles. The van der Waals surface area contributed by atoms with E-state index in [-0.39, 0.29) is 0 Å². The molecular weight excluding hydrogens is 206 g/mol. The Morgan fingerprint density at radius 2 is 1.27 bits per heavy atom. The van der Waals surface area contributed by atoms with E-state index in [2.05, 4.69) is 13.8 Å². The molecule has 0 saturated carbocycles. The standard InChI is InChI=1S/C4H11N.C4H6O6/c1-4(2)3-5;5-1(3(7)8)2(6)4(9)10/h4H,3,5H2,1-2H3;1-2,5-6H,(H,7,8)(H,9,10). The molecule has 0 radical (unpaired) electrons. The van der Waals surface area contributed by atoms with Gasteiger partial charge in [0.1, 0.15) is 0 Å². The predicted molar refractivity (Wildman–Crippen MR) is 51.2 cm³/mol. The molecule has 6 N–H and O–H groups in total. The minimum absolute atomic E-state index is 0.662. The Bertz CT molecular complexity index is 187. The van der Waals surface area contributed by atoms with Crippen LogP contribution in [0.5, 0.6) is 0 Å². The first kappa shape index (κ1) is 16.3. The van der Waals surface area contributed by atoms with Crippen LogP contribution in [-0.2, 0) is 9.59 Å². The Kier molecular flexibility index (Phi) is 8.84. The summed E-state index contributed by atoms with van der Waals surface area (Å²) in [5.41, 5.74) is 5.17. The minimum atomic E-state index is -2.27. The number of hydrogen-bond donors (Lipinski definition) is 5. The number of nitrogens with two attached hydrogens (primary N) is 1. The molecule has 90 valence electrons. The number of aliphatic hydroxyl groups excluding tert-OH is 2. The molecule has 0 aromatic carbocycles. The zero-order chi connectivity index (χ0) is 12.6. The van der Waals surface area contributed by atoms with Gasteiger partial charge in [0.15, 0.2) is 12.2 Å². The zero-order valence-corrected chi connectivity index (χ0v) is 8.62. The monoisotopic (exact) mass is 223 g/mol. The Hall–Kier alpha value is -1.18. The fraction of sp³-hybridized carbons (Fsp3) is 0.750. The molecule has 0 fully saturated rings. The van der Waals surface area contributed by atoms with E-state index in [1.165, 1.54) is 0 Å². The SMILES string of the molecule is CC(C)CN.O=C(O)C(O)C(O)C(=O)O.